The Balaban J connectivity index is 2.02. The summed E-state index contributed by atoms with van der Waals surface area (Å²) in [7, 11) is 0. The van der Waals surface area contributed by atoms with E-state index >= 15 is 0 Å². The first-order valence-electron chi connectivity index (χ1n) is 6.46. The number of amides is 2. The topological polar surface area (TPSA) is 50.3 Å². The van der Waals surface area contributed by atoms with Gasteiger partial charge in [-0.05, 0) is 17.4 Å². The molecular formula is C15H13ClN2O2. The highest BCUT2D eigenvalue weighted by Crippen LogP contribution is 2.24. The first-order chi connectivity index (χ1) is 9.56. The summed E-state index contributed by atoms with van der Waals surface area (Å²) in [6.45, 7) is 2.40. The Labute approximate surface area is 121 Å². The van der Waals surface area contributed by atoms with Crippen LogP contribution in [0.1, 0.15) is 23.8 Å². The fourth-order valence-corrected chi connectivity index (χ4v) is 2.75. The van der Waals surface area contributed by atoms with Gasteiger partial charge in [0.15, 0.2) is 0 Å². The van der Waals surface area contributed by atoms with Crippen LogP contribution in [0, 0.1) is 5.92 Å². The lowest BCUT2D eigenvalue weighted by atomic mass is 10.1. The van der Waals surface area contributed by atoms with Crippen LogP contribution in [-0.2, 0) is 4.79 Å². The molecule has 102 valence electrons. The Bertz CT molecular complexity index is 714. The van der Waals surface area contributed by atoms with Crippen LogP contribution >= 0.6 is 11.6 Å². The van der Waals surface area contributed by atoms with Crippen LogP contribution in [0.15, 0.2) is 30.3 Å². The van der Waals surface area contributed by atoms with Gasteiger partial charge in [0.2, 0.25) is 5.91 Å². The molecule has 2 aromatic rings. The van der Waals surface area contributed by atoms with E-state index in [2.05, 4.69) is 4.98 Å². The van der Waals surface area contributed by atoms with Crippen LogP contribution in [-0.4, -0.2) is 28.2 Å². The molecular weight excluding hydrogens is 276 g/mol. The minimum Gasteiger partial charge on any atom is -0.277 e. The van der Waals surface area contributed by atoms with E-state index in [1.807, 2.05) is 31.2 Å². The van der Waals surface area contributed by atoms with Crippen LogP contribution in [0.25, 0.3) is 10.8 Å². The highest BCUT2D eigenvalue weighted by Gasteiger charge is 2.32. The molecule has 5 heteroatoms. The molecule has 1 aromatic carbocycles. The number of hydrogen-bond donors (Lipinski definition) is 0. The molecule has 2 amide bonds. The van der Waals surface area contributed by atoms with E-state index in [9.17, 15) is 9.59 Å². The van der Waals surface area contributed by atoms with Gasteiger partial charge in [0.25, 0.3) is 5.91 Å². The highest BCUT2D eigenvalue weighted by molar-refractivity contribution is 6.34. The number of likely N-dealkylation sites (tertiary alicyclic amines) is 1. The van der Waals surface area contributed by atoms with Gasteiger partial charge in [-0.15, -0.1) is 0 Å². The standard InChI is InChI=1S/C15H13ClN2O2/c1-9-6-13(19)18(8-9)15(20)12-7-10-4-2-3-5-11(10)14(16)17-12/h2-5,7,9H,6,8H2,1H3. The zero-order valence-electron chi connectivity index (χ0n) is 11.0. The van der Waals surface area contributed by atoms with E-state index in [4.69, 9.17) is 11.6 Å². The maximum atomic E-state index is 12.4. The van der Waals surface area contributed by atoms with Crippen LogP contribution in [0.4, 0.5) is 0 Å². The van der Waals surface area contributed by atoms with Gasteiger partial charge in [-0.1, -0.05) is 42.8 Å². The lowest BCUT2D eigenvalue weighted by molar-refractivity contribution is -0.125. The first kappa shape index (κ1) is 13.1. The largest absolute Gasteiger partial charge is 0.279 e. The molecule has 0 saturated carbocycles. The normalized spacial score (nSPS) is 18.8. The van der Waals surface area contributed by atoms with E-state index < -0.39 is 0 Å². The number of fused-ring (bicyclic) bond motifs is 1. The van der Waals surface area contributed by atoms with Gasteiger partial charge >= 0.3 is 0 Å². The second kappa shape index (κ2) is 4.87. The number of aromatic nitrogens is 1. The molecule has 1 unspecified atom stereocenters. The third-order valence-corrected chi connectivity index (χ3v) is 3.76. The Morgan fingerprint density at radius 2 is 2.15 bits per heavy atom. The van der Waals surface area contributed by atoms with Crippen molar-refractivity contribution in [2.24, 2.45) is 5.92 Å². The first-order valence-corrected chi connectivity index (χ1v) is 6.84. The minimum atomic E-state index is -0.369. The SMILES string of the molecule is CC1CC(=O)N(C(=O)c2cc3ccccc3c(Cl)n2)C1. The maximum Gasteiger partial charge on any atom is 0.279 e. The third-order valence-electron chi connectivity index (χ3n) is 3.48. The van der Waals surface area contributed by atoms with Gasteiger partial charge in [-0.2, -0.15) is 0 Å². The summed E-state index contributed by atoms with van der Waals surface area (Å²) in [4.78, 5) is 29.6. The summed E-state index contributed by atoms with van der Waals surface area (Å²) >= 11 is 6.11. The average Bonchev–Trinajstić information content (AvgIpc) is 2.77. The van der Waals surface area contributed by atoms with Crippen molar-refractivity contribution < 1.29 is 9.59 Å². The monoisotopic (exact) mass is 288 g/mol. The Morgan fingerprint density at radius 3 is 2.85 bits per heavy atom. The average molecular weight is 289 g/mol. The second-order valence-electron chi connectivity index (χ2n) is 5.14. The molecule has 1 aromatic heterocycles. The second-order valence-corrected chi connectivity index (χ2v) is 5.50. The van der Waals surface area contributed by atoms with Gasteiger partial charge in [-0.25, -0.2) is 4.98 Å². The van der Waals surface area contributed by atoms with Gasteiger partial charge in [0, 0.05) is 18.4 Å². The van der Waals surface area contributed by atoms with Crippen molar-refractivity contribution in [3.05, 3.63) is 41.2 Å². The van der Waals surface area contributed by atoms with Crippen molar-refractivity contribution in [1.82, 2.24) is 9.88 Å². The molecule has 20 heavy (non-hydrogen) atoms. The van der Waals surface area contributed by atoms with Crippen molar-refractivity contribution in [3.63, 3.8) is 0 Å². The zero-order chi connectivity index (χ0) is 14.3. The van der Waals surface area contributed by atoms with Gasteiger partial charge < -0.3 is 0 Å². The molecule has 0 radical (unpaired) electrons. The third kappa shape index (κ3) is 2.16. The molecule has 1 aliphatic heterocycles. The van der Waals surface area contributed by atoms with E-state index in [-0.39, 0.29) is 28.6 Å². The lowest BCUT2D eigenvalue weighted by Gasteiger charge is -2.14. The molecule has 1 fully saturated rings. The number of benzene rings is 1. The van der Waals surface area contributed by atoms with Crippen LogP contribution in [0.3, 0.4) is 0 Å². The van der Waals surface area contributed by atoms with E-state index in [0.29, 0.717) is 13.0 Å². The predicted molar refractivity (Wildman–Crippen MR) is 76.6 cm³/mol. The molecule has 0 N–H and O–H groups in total. The number of rotatable bonds is 1. The molecule has 4 nitrogen and oxygen atoms in total. The number of hydrogen-bond acceptors (Lipinski definition) is 3. The summed E-state index contributed by atoms with van der Waals surface area (Å²) in [5.74, 6) is -0.317. The van der Waals surface area contributed by atoms with Crippen molar-refractivity contribution >= 4 is 34.2 Å². The number of carbonyl (C=O) groups is 2. The van der Waals surface area contributed by atoms with Crippen LogP contribution in [0.5, 0.6) is 0 Å². The molecule has 1 aliphatic rings. The fraction of sp³-hybridized carbons (Fsp3) is 0.267. The molecule has 0 spiro atoms. The molecule has 0 aliphatic carbocycles. The van der Waals surface area contributed by atoms with Gasteiger partial charge in [-0.3, -0.25) is 14.5 Å². The number of pyridine rings is 1. The fourth-order valence-electron chi connectivity index (χ4n) is 2.49. The van der Waals surface area contributed by atoms with Gasteiger partial charge in [0.05, 0.1) is 0 Å². The van der Waals surface area contributed by atoms with Crippen molar-refractivity contribution in [2.75, 3.05) is 6.54 Å². The Morgan fingerprint density at radius 1 is 1.40 bits per heavy atom. The van der Waals surface area contributed by atoms with E-state index in [1.54, 1.807) is 6.07 Å². The van der Waals surface area contributed by atoms with E-state index in [0.717, 1.165) is 10.8 Å². The molecule has 1 atom stereocenters. The predicted octanol–water partition coefficient (Wildman–Crippen LogP) is 2.90. The smallest absolute Gasteiger partial charge is 0.277 e. The molecule has 0 bridgehead atoms. The van der Waals surface area contributed by atoms with Crippen molar-refractivity contribution in [1.29, 1.82) is 0 Å². The summed E-state index contributed by atoms with van der Waals surface area (Å²) in [5.41, 5.74) is 0.219. The number of nitrogens with zero attached hydrogens (tertiary/aromatic N) is 2. The number of halogens is 1. The van der Waals surface area contributed by atoms with Crippen molar-refractivity contribution in [3.8, 4) is 0 Å². The number of imide groups is 1. The minimum absolute atomic E-state index is 0.145. The number of carbonyl (C=O) groups excluding carboxylic acids is 2. The quantitative estimate of drug-likeness (QED) is 0.599. The zero-order valence-corrected chi connectivity index (χ0v) is 11.7. The summed E-state index contributed by atoms with van der Waals surface area (Å²) in [5, 5.41) is 1.92. The molecule has 2 heterocycles. The molecule has 1 saturated heterocycles. The van der Waals surface area contributed by atoms with Gasteiger partial charge in [0.1, 0.15) is 10.8 Å². The highest BCUT2D eigenvalue weighted by atomic mass is 35.5. The van der Waals surface area contributed by atoms with Crippen LogP contribution < -0.4 is 0 Å². The Kier molecular flexibility index (Phi) is 3.18. The summed E-state index contributed by atoms with van der Waals surface area (Å²) < 4.78 is 0. The Hall–Kier alpha value is -1.94. The maximum absolute atomic E-state index is 12.4. The van der Waals surface area contributed by atoms with Crippen molar-refractivity contribution in [2.45, 2.75) is 13.3 Å². The summed E-state index contributed by atoms with van der Waals surface area (Å²) in [6, 6.07) is 9.13. The molecule has 3 rings (SSSR count). The van der Waals surface area contributed by atoms with Crippen LogP contribution in [0.2, 0.25) is 5.15 Å². The summed E-state index contributed by atoms with van der Waals surface area (Å²) in [6.07, 6.45) is 0.410. The lowest BCUT2D eigenvalue weighted by Crippen LogP contribution is -2.32. The van der Waals surface area contributed by atoms with E-state index in [1.165, 1.54) is 4.90 Å².